The van der Waals surface area contributed by atoms with Gasteiger partial charge in [-0.1, -0.05) is 6.92 Å². The standard InChI is InChI=1S/C25H29N3O5/c1-3-9-28(19-6-7-20-18(2)16-24(30)33-22(20)17-19)23(29)8-10-26-11-13-27(14-12-26)25(31)21-5-4-15-32-21/h4-7,15-17H,3,8-14H2,1-2H3. The largest absolute Gasteiger partial charge is 0.459 e. The minimum Gasteiger partial charge on any atom is -0.459 e. The van der Waals surface area contributed by atoms with Gasteiger partial charge in [0, 0.05) is 68.9 Å². The van der Waals surface area contributed by atoms with E-state index in [9.17, 15) is 14.4 Å². The van der Waals surface area contributed by atoms with Crippen LogP contribution in [0.5, 0.6) is 0 Å². The van der Waals surface area contributed by atoms with Crippen LogP contribution in [0.4, 0.5) is 5.69 Å². The molecule has 0 spiro atoms. The first-order valence-electron chi connectivity index (χ1n) is 11.4. The fourth-order valence-corrected chi connectivity index (χ4v) is 4.22. The highest BCUT2D eigenvalue weighted by atomic mass is 16.4. The lowest BCUT2D eigenvalue weighted by Crippen LogP contribution is -2.49. The molecule has 0 bridgehead atoms. The Kier molecular flexibility index (Phi) is 6.93. The number of aryl methyl sites for hydroxylation is 1. The monoisotopic (exact) mass is 451 g/mol. The molecule has 1 aliphatic heterocycles. The van der Waals surface area contributed by atoms with Crippen LogP contribution >= 0.6 is 0 Å². The van der Waals surface area contributed by atoms with Crippen LogP contribution in [0.15, 0.2) is 56.3 Å². The predicted molar refractivity (Wildman–Crippen MR) is 126 cm³/mol. The molecular weight excluding hydrogens is 422 g/mol. The third-order valence-electron chi connectivity index (χ3n) is 6.03. The number of anilines is 1. The highest BCUT2D eigenvalue weighted by Gasteiger charge is 2.24. The zero-order chi connectivity index (χ0) is 23.4. The van der Waals surface area contributed by atoms with Crippen LogP contribution in [0.25, 0.3) is 11.0 Å². The van der Waals surface area contributed by atoms with E-state index in [1.807, 2.05) is 26.0 Å². The van der Waals surface area contributed by atoms with E-state index in [0.29, 0.717) is 57.0 Å². The molecule has 3 heterocycles. The van der Waals surface area contributed by atoms with Crippen molar-refractivity contribution in [2.45, 2.75) is 26.7 Å². The van der Waals surface area contributed by atoms with E-state index in [1.54, 1.807) is 28.0 Å². The van der Waals surface area contributed by atoms with Gasteiger partial charge in [0.2, 0.25) is 5.91 Å². The van der Waals surface area contributed by atoms with Gasteiger partial charge in [-0.15, -0.1) is 0 Å². The van der Waals surface area contributed by atoms with Crippen LogP contribution in [-0.4, -0.2) is 60.9 Å². The number of hydrogen-bond donors (Lipinski definition) is 0. The third-order valence-corrected chi connectivity index (χ3v) is 6.03. The van der Waals surface area contributed by atoms with E-state index in [2.05, 4.69) is 4.90 Å². The Hall–Kier alpha value is -3.39. The van der Waals surface area contributed by atoms with Gasteiger partial charge in [-0.3, -0.25) is 14.5 Å². The minimum atomic E-state index is -0.393. The number of piperazine rings is 1. The van der Waals surface area contributed by atoms with Crippen molar-refractivity contribution >= 4 is 28.5 Å². The summed E-state index contributed by atoms with van der Waals surface area (Å²) in [5.41, 5.74) is 1.68. The molecule has 0 atom stereocenters. The maximum absolute atomic E-state index is 13.1. The number of rotatable bonds is 7. The van der Waals surface area contributed by atoms with Crippen LogP contribution in [0.3, 0.4) is 0 Å². The Bertz CT molecular complexity index is 1180. The molecule has 1 fully saturated rings. The van der Waals surface area contributed by atoms with E-state index in [-0.39, 0.29) is 11.8 Å². The van der Waals surface area contributed by atoms with Crippen LogP contribution in [0.1, 0.15) is 35.9 Å². The van der Waals surface area contributed by atoms with E-state index >= 15 is 0 Å². The van der Waals surface area contributed by atoms with Gasteiger partial charge in [-0.05, 0) is 43.2 Å². The average molecular weight is 452 g/mol. The Morgan fingerprint density at radius 3 is 2.58 bits per heavy atom. The Morgan fingerprint density at radius 1 is 1.09 bits per heavy atom. The van der Waals surface area contributed by atoms with Crippen molar-refractivity contribution in [1.29, 1.82) is 0 Å². The number of furan rings is 1. The molecule has 2 aromatic heterocycles. The smallest absolute Gasteiger partial charge is 0.336 e. The lowest BCUT2D eigenvalue weighted by atomic mass is 10.1. The maximum Gasteiger partial charge on any atom is 0.336 e. The molecule has 1 saturated heterocycles. The second-order valence-electron chi connectivity index (χ2n) is 8.34. The average Bonchev–Trinajstić information content (AvgIpc) is 3.35. The second-order valence-corrected chi connectivity index (χ2v) is 8.34. The fraction of sp³-hybridized carbons (Fsp3) is 0.400. The highest BCUT2D eigenvalue weighted by Crippen LogP contribution is 2.24. The van der Waals surface area contributed by atoms with Gasteiger partial charge >= 0.3 is 5.63 Å². The van der Waals surface area contributed by atoms with Crippen molar-refractivity contribution in [3.8, 4) is 0 Å². The van der Waals surface area contributed by atoms with Crippen LogP contribution in [-0.2, 0) is 4.79 Å². The fourth-order valence-electron chi connectivity index (χ4n) is 4.22. The summed E-state index contributed by atoms with van der Waals surface area (Å²) in [6.45, 7) is 7.76. The SMILES string of the molecule is CCCN(C(=O)CCN1CCN(C(=O)c2ccco2)CC1)c1ccc2c(C)cc(=O)oc2c1. The molecule has 4 rings (SSSR count). The highest BCUT2D eigenvalue weighted by molar-refractivity contribution is 5.96. The Morgan fingerprint density at radius 2 is 1.88 bits per heavy atom. The van der Waals surface area contributed by atoms with Gasteiger partial charge in [-0.2, -0.15) is 0 Å². The van der Waals surface area contributed by atoms with Gasteiger partial charge < -0.3 is 18.6 Å². The molecule has 174 valence electrons. The van der Waals surface area contributed by atoms with Crippen molar-refractivity contribution < 1.29 is 18.4 Å². The second kappa shape index (κ2) is 10.0. The lowest BCUT2D eigenvalue weighted by Gasteiger charge is -2.34. The van der Waals surface area contributed by atoms with Gasteiger partial charge in [0.15, 0.2) is 5.76 Å². The van der Waals surface area contributed by atoms with E-state index < -0.39 is 5.63 Å². The molecule has 0 N–H and O–H groups in total. The van der Waals surface area contributed by atoms with Crippen molar-refractivity contribution in [3.05, 3.63) is 64.4 Å². The number of benzene rings is 1. The summed E-state index contributed by atoms with van der Waals surface area (Å²) in [6, 6.07) is 10.4. The quantitative estimate of drug-likeness (QED) is 0.513. The topological polar surface area (TPSA) is 87.2 Å². The van der Waals surface area contributed by atoms with Gasteiger partial charge in [0.25, 0.3) is 5.91 Å². The zero-order valence-electron chi connectivity index (χ0n) is 19.1. The minimum absolute atomic E-state index is 0.0280. The lowest BCUT2D eigenvalue weighted by molar-refractivity contribution is -0.119. The zero-order valence-corrected chi connectivity index (χ0v) is 19.1. The summed E-state index contributed by atoms with van der Waals surface area (Å²) in [4.78, 5) is 43.0. The van der Waals surface area contributed by atoms with Gasteiger partial charge in [0.1, 0.15) is 5.58 Å². The summed E-state index contributed by atoms with van der Waals surface area (Å²) in [7, 11) is 0. The van der Waals surface area contributed by atoms with E-state index in [4.69, 9.17) is 8.83 Å². The molecule has 8 nitrogen and oxygen atoms in total. The molecule has 0 radical (unpaired) electrons. The van der Waals surface area contributed by atoms with Gasteiger partial charge in [-0.25, -0.2) is 4.79 Å². The molecule has 0 saturated carbocycles. The van der Waals surface area contributed by atoms with Crippen LogP contribution in [0, 0.1) is 6.92 Å². The summed E-state index contributed by atoms with van der Waals surface area (Å²) < 4.78 is 10.6. The summed E-state index contributed by atoms with van der Waals surface area (Å²) >= 11 is 0. The first-order chi connectivity index (χ1) is 16.0. The normalized spacial score (nSPS) is 14.5. The maximum atomic E-state index is 13.1. The summed E-state index contributed by atoms with van der Waals surface area (Å²) in [5, 5.41) is 0.865. The molecule has 8 heteroatoms. The summed E-state index contributed by atoms with van der Waals surface area (Å²) in [5.74, 6) is 0.290. The van der Waals surface area contributed by atoms with Crippen LogP contribution < -0.4 is 10.5 Å². The number of hydrogen-bond acceptors (Lipinski definition) is 6. The molecule has 33 heavy (non-hydrogen) atoms. The molecule has 0 aliphatic carbocycles. The molecular formula is C25H29N3O5. The molecule has 1 aliphatic rings. The Labute approximate surface area is 192 Å². The van der Waals surface area contributed by atoms with Crippen molar-refractivity contribution in [2.75, 3.05) is 44.2 Å². The number of carbonyl (C=O) groups is 2. The predicted octanol–water partition coefficient (Wildman–Crippen LogP) is 3.29. The molecule has 2 amide bonds. The van der Waals surface area contributed by atoms with Crippen molar-refractivity contribution in [2.24, 2.45) is 0 Å². The van der Waals surface area contributed by atoms with E-state index in [0.717, 1.165) is 23.1 Å². The van der Waals surface area contributed by atoms with Crippen molar-refractivity contribution in [3.63, 3.8) is 0 Å². The van der Waals surface area contributed by atoms with E-state index in [1.165, 1.54) is 12.3 Å². The molecule has 1 aromatic carbocycles. The number of nitrogens with zero attached hydrogens (tertiary/aromatic N) is 3. The van der Waals surface area contributed by atoms with Crippen LogP contribution in [0.2, 0.25) is 0 Å². The molecule has 3 aromatic rings. The third kappa shape index (κ3) is 5.17. The summed E-state index contributed by atoms with van der Waals surface area (Å²) in [6.07, 6.45) is 2.69. The number of amides is 2. The Balaban J connectivity index is 1.37. The van der Waals surface area contributed by atoms with Crippen molar-refractivity contribution in [1.82, 2.24) is 9.80 Å². The number of fused-ring (bicyclic) bond motifs is 1. The molecule has 0 unspecified atom stereocenters. The first kappa shape index (κ1) is 22.8. The number of carbonyl (C=O) groups excluding carboxylic acids is 2. The first-order valence-corrected chi connectivity index (χ1v) is 11.4. The van der Waals surface area contributed by atoms with Gasteiger partial charge in [0.05, 0.1) is 6.26 Å².